The molecule has 1 aromatic heterocycles. The third kappa shape index (κ3) is 2.40. The Kier molecular flexibility index (Phi) is 2.79. The first-order chi connectivity index (χ1) is 6.11. The van der Waals surface area contributed by atoms with Gasteiger partial charge in [0.05, 0.1) is 0 Å². The van der Waals surface area contributed by atoms with Gasteiger partial charge in [0, 0.05) is 18.2 Å². The molecule has 0 spiro atoms. The van der Waals surface area contributed by atoms with E-state index < -0.39 is 11.7 Å². The average Bonchev–Trinajstić information content (AvgIpc) is 2.55. The Morgan fingerprint density at radius 3 is 2.69 bits per heavy atom. The third-order valence-corrected chi connectivity index (χ3v) is 1.49. The van der Waals surface area contributed by atoms with Crippen molar-refractivity contribution >= 4 is 17.5 Å². The lowest BCUT2D eigenvalue weighted by Crippen LogP contribution is -2.26. The van der Waals surface area contributed by atoms with Gasteiger partial charge in [-0.25, -0.2) is 0 Å². The van der Waals surface area contributed by atoms with E-state index in [9.17, 15) is 9.59 Å². The minimum absolute atomic E-state index is 0.293. The Balaban J connectivity index is 2.56. The molecule has 0 aliphatic carbocycles. The van der Waals surface area contributed by atoms with Crippen molar-refractivity contribution < 1.29 is 9.59 Å². The summed E-state index contributed by atoms with van der Waals surface area (Å²) in [6.45, 7) is 3.35. The summed E-state index contributed by atoms with van der Waals surface area (Å²) in [5.74, 6) is -0.997. The summed E-state index contributed by atoms with van der Waals surface area (Å²) in [6.07, 6.45) is 1.56. The highest BCUT2D eigenvalue weighted by Gasteiger charge is 2.17. The number of rotatable bonds is 3. The fourth-order valence-electron chi connectivity index (χ4n) is 0.770. The summed E-state index contributed by atoms with van der Waals surface area (Å²) in [5, 5.41) is 8.59. The molecule has 1 heterocycles. The minimum atomic E-state index is -0.623. The molecule has 13 heavy (non-hydrogen) atoms. The summed E-state index contributed by atoms with van der Waals surface area (Å²) in [6, 6.07) is 1.57. The molecule has 0 radical (unpaired) electrons. The van der Waals surface area contributed by atoms with E-state index in [0.717, 1.165) is 0 Å². The SMILES string of the molecule is CC(C)C(=O)C(=O)Nc1cc[nH]n1. The van der Waals surface area contributed by atoms with Crippen LogP contribution in [0.4, 0.5) is 5.82 Å². The molecule has 0 unspecified atom stereocenters. The molecular weight excluding hydrogens is 170 g/mol. The summed E-state index contributed by atoms with van der Waals surface area (Å²) in [5.41, 5.74) is 0. The van der Waals surface area contributed by atoms with Crippen LogP contribution >= 0.6 is 0 Å². The van der Waals surface area contributed by atoms with Crippen LogP contribution < -0.4 is 5.32 Å². The molecule has 0 saturated heterocycles. The first-order valence-electron chi connectivity index (χ1n) is 3.96. The molecule has 0 aromatic carbocycles. The van der Waals surface area contributed by atoms with Crippen molar-refractivity contribution in [3.05, 3.63) is 12.3 Å². The normalized spacial score (nSPS) is 10.1. The molecule has 1 rings (SSSR count). The quantitative estimate of drug-likeness (QED) is 0.669. The molecule has 0 aliphatic heterocycles. The maximum Gasteiger partial charge on any atom is 0.293 e. The zero-order chi connectivity index (χ0) is 9.84. The van der Waals surface area contributed by atoms with Crippen molar-refractivity contribution in [3.8, 4) is 0 Å². The van der Waals surface area contributed by atoms with E-state index in [4.69, 9.17) is 0 Å². The number of carbonyl (C=O) groups is 2. The number of hydrogen-bond acceptors (Lipinski definition) is 3. The number of Topliss-reactive ketones (excluding diaryl/α,β-unsaturated/α-hetero) is 1. The van der Waals surface area contributed by atoms with E-state index in [2.05, 4.69) is 15.5 Å². The van der Waals surface area contributed by atoms with E-state index in [1.54, 1.807) is 26.1 Å². The van der Waals surface area contributed by atoms with Crippen molar-refractivity contribution in [2.45, 2.75) is 13.8 Å². The van der Waals surface area contributed by atoms with Crippen LogP contribution in [-0.2, 0) is 9.59 Å². The Labute approximate surface area is 75.5 Å². The zero-order valence-electron chi connectivity index (χ0n) is 7.50. The lowest BCUT2D eigenvalue weighted by Gasteiger charge is -2.02. The molecule has 1 amide bonds. The van der Waals surface area contributed by atoms with Gasteiger partial charge in [0.2, 0.25) is 5.78 Å². The first kappa shape index (κ1) is 9.44. The highest BCUT2D eigenvalue weighted by Crippen LogP contribution is 2.01. The molecule has 0 saturated carbocycles. The van der Waals surface area contributed by atoms with Gasteiger partial charge in [-0.05, 0) is 0 Å². The third-order valence-electron chi connectivity index (χ3n) is 1.49. The second-order valence-electron chi connectivity index (χ2n) is 2.93. The van der Waals surface area contributed by atoms with Gasteiger partial charge in [-0.3, -0.25) is 14.7 Å². The standard InChI is InChI=1S/C8H11N3O2/c1-5(2)7(12)8(13)10-6-3-4-9-11-6/h3-5H,1-2H3,(H2,9,10,11,13). The second-order valence-corrected chi connectivity index (χ2v) is 2.93. The van der Waals surface area contributed by atoms with E-state index in [1.807, 2.05) is 0 Å². The summed E-state index contributed by atoms with van der Waals surface area (Å²) in [7, 11) is 0. The maximum absolute atomic E-state index is 11.1. The number of amides is 1. The predicted molar refractivity (Wildman–Crippen MR) is 47.1 cm³/mol. The molecule has 0 atom stereocenters. The van der Waals surface area contributed by atoms with Crippen molar-refractivity contribution in [2.75, 3.05) is 5.32 Å². The Bertz CT molecular complexity index is 303. The Morgan fingerprint density at radius 2 is 2.23 bits per heavy atom. The summed E-state index contributed by atoms with van der Waals surface area (Å²) < 4.78 is 0. The number of H-pyrrole nitrogens is 1. The molecular formula is C8H11N3O2. The number of anilines is 1. The first-order valence-corrected chi connectivity index (χ1v) is 3.96. The van der Waals surface area contributed by atoms with E-state index in [1.165, 1.54) is 0 Å². The zero-order valence-corrected chi connectivity index (χ0v) is 7.50. The van der Waals surface area contributed by atoms with Gasteiger partial charge >= 0.3 is 0 Å². The topological polar surface area (TPSA) is 74.8 Å². The number of aromatic amines is 1. The van der Waals surface area contributed by atoms with Crippen molar-refractivity contribution in [2.24, 2.45) is 5.92 Å². The van der Waals surface area contributed by atoms with E-state index >= 15 is 0 Å². The van der Waals surface area contributed by atoms with Crippen molar-refractivity contribution in [1.29, 1.82) is 0 Å². The average molecular weight is 181 g/mol. The fourth-order valence-corrected chi connectivity index (χ4v) is 0.770. The van der Waals surface area contributed by atoms with Crippen LogP contribution in [0.2, 0.25) is 0 Å². The molecule has 70 valence electrons. The lowest BCUT2D eigenvalue weighted by molar-refractivity contribution is -0.136. The lowest BCUT2D eigenvalue weighted by atomic mass is 10.1. The minimum Gasteiger partial charge on any atom is -0.303 e. The van der Waals surface area contributed by atoms with Gasteiger partial charge in [-0.1, -0.05) is 13.8 Å². The molecule has 1 aromatic rings. The smallest absolute Gasteiger partial charge is 0.293 e. The van der Waals surface area contributed by atoms with Gasteiger partial charge in [0.25, 0.3) is 5.91 Å². The van der Waals surface area contributed by atoms with Crippen LogP contribution in [0.15, 0.2) is 12.3 Å². The monoisotopic (exact) mass is 181 g/mol. The van der Waals surface area contributed by atoms with E-state index in [-0.39, 0.29) is 5.92 Å². The van der Waals surface area contributed by atoms with Gasteiger partial charge < -0.3 is 5.32 Å². The molecule has 2 N–H and O–H groups in total. The van der Waals surface area contributed by atoms with Gasteiger partial charge in [0.1, 0.15) is 0 Å². The fraction of sp³-hybridized carbons (Fsp3) is 0.375. The summed E-state index contributed by atoms with van der Waals surface area (Å²) in [4.78, 5) is 22.3. The van der Waals surface area contributed by atoms with Crippen LogP contribution in [0, 0.1) is 5.92 Å². The predicted octanol–water partition coefficient (Wildman–Crippen LogP) is 0.573. The van der Waals surface area contributed by atoms with Gasteiger partial charge in [-0.2, -0.15) is 5.10 Å². The number of ketones is 1. The molecule has 0 aliphatic rings. The molecule has 5 nitrogen and oxygen atoms in total. The van der Waals surface area contributed by atoms with Crippen LogP contribution in [0.5, 0.6) is 0 Å². The number of carbonyl (C=O) groups excluding carboxylic acids is 2. The Morgan fingerprint density at radius 1 is 1.54 bits per heavy atom. The van der Waals surface area contributed by atoms with Crippen molar-refractivity contribution in [1.82, 2.24) is 10.2 Å². The van der Waals surface area contributed by atoms with Crippen LogP contribution in [-0.4, -0.2) is 21.9 Å². The second kappa shape index (κ2) is 3.84. The number of aromatic nitrogens is 2. The van der Waals surface area contributed by atoms with Gasteiger partial charge in [-0.15, -0.1) is 0 Å². The number of nitrogens with zero attached hydrogens (tertiary/aromatic N) is 1. The van der Waals surface area contributed by atoms with Crippen LogP contribution in [0.3, 0.4) is 0 Å². The maximum atomic E-state index is 11.1. The van der Waals surface area contributed by atoms with Crippen LogP contribution in [0.1, 0.15) is 13.8 Å². The molecule has 0 fully saturated rings. The summed E-state index contributed by atoms with van der Waals surface area (Å²) >= 11 is 0. The molecule has 5 heteroatoms. The number of hydrogen-bond donors (Lipinski definition) is 2. The molecule has 0 bridgehead atoms. The van der Waals surface area contributed by atoms with Gasteiger partial charge in [0.15, 0.2) is 5.82 Å². The highest BCUT2D eigenvalue weighted by atomic mass is 16.2. The highest BCUT2D eigenvalue weighted by molar-refractivity contribution is 6.41. The Hall–Kier alpha value is -1.65. The largest absolute Gasteiger partial charge is 0.303 e. The van der Waals surface area contributed by atoms with E-state index in [0.29, 0.717) is 5.82 Å². The van der Waals surface area contributed by atoms with Crippen LogP contribution in [0.25, 0.3) is 0 Å². The number of nitrogens with one attached hydrogen (secondary N) is 2. The van der Waals surface area contributed by atoms with Crippen molar-refractivity contribution in [3.63, 3.8) is 0 Å².